The summed E-state index contributed by atoms with van der Waals surface area (Å²) in [7, 11) is 1.30. The molecule has 0 fully saturated rings. The predicted octanol–water partition coefficient (Wildman–Crippen LogP) is 4.95. The topological polar surface area (TPSA) is 68.7 Å². The van der Waals surface area contributed by atoms with Gasteiger partial charge in [0, 0.05) is 5.38 Å². The first-order chi connectivity index (χ1) is 13.1. The zero-order valence-corrected chi connectivity index (χ0v) is 17.0. The van der Waals surface area contributed by atoms with Crippen molar-refractivity contribution in [1.82, 2.24) is 4.98 Å². The van der Waals surface area contributed by atoms with Crippen LogP contribution >= 0.6 is 11.3 Å². The van der Waals surface area contributed by atoms with E-state index in [1.54, 1.807) is 5.38 Å². The fourth-order valence-corrected chi connectivity index (χ4v) is 3.50. The minimum Gasteiger partial charge on any atom is -0.490 e. The second-order valence-corrected chi connectivity index (χ2v) is 7.44. The highest BCUT2D eigenvalue weighted by atomic mass is 32.1. The molecule has 0 saturated carbocycles. The van der Waals surface area contributed by atoms with Gasteiger partial charge in [0.1, 0.15) is 23.5 Å². The molecule has 2 aromatic rings. The summed E-state index contributed by atoms with van der Waals surface area (Å²) < 4.78 is 10.3. The van der Waals surface area contributed by atoms with Gasteiger partial charge in [-0.15, -0.1) is 11.3 Å². The van der Waals surface area contributed by atoms with Gasteiger partial charge in [-0.05, 0) is 30.5 Å². The van der Waals surface area contributed by atoms with Crippen LogP contribution in [0.25, 0.3) is 0 Å². The minimum atomic E-state index is -0.879. The second-order valence-electron chi connectivity index (χ2n) is 6.55. The number of hydrogen-bond donors (Lipinski definition) is 1. The van der Waals surface area contributed by atoms with Gasteiger partial charge in [-0.25, -0.2) is 9.78 Å². The standard InChI is InChI=1S/C21H29NO4S/c1-3-4-5-6-7-8-9-16-10-12-17(13-11-16)26-14-19(23)20-22-18(15-27-20)21(24)25-2/h10-13,15,19,23H,3-9,14H2,1-2H3. The van der Waals surface area contributed by atoms with Crippen LogP contribution in [-0.4, -0.2) is 29.8 Å². The van der Waals surface area contributed by atoms with Crippen molar-refractivity contribution < 1.29 is 19.4 Å². The normalized spacial score (nSPS) is 12.0. The number of carbonyl (C=O) groups excluding carboxylic acids is 1. The SMILES string of the molecule is CCCCCCCCc1ccc(OCC(O)c2nc(C(=O)OC)cs2)cc1. The Hall–Kier alpha value is -1.92. The Kier molecular flexibility index (Phi) is 9.28. The van der Waals surface area contributed by atoms with Gasteiger partial charge >= 0.3 is 5.97 Å². The summed E-state index contributed by atoms with van der Waals surface area (Å²) in [5.74, 6) is 0.206. The number of ether oxygens (including phenoxy) is 2. The molecule has 1 heterocycles. The summed E-state index contributed by atoms with van der Waals surface area (Å²) in [6.45, 7) is 2.32. The maximum Gasteiger partial charge on any atom is 0.357 e. The molecule has 0 aliphatic heterocycles. The van der Waals surface area contributed by atoms with Crippen molar-refractivity contribution in [3.63, 3.8) is 0 Å². The summed E-state index contributed by atoms with van der Waals surface area (Å²) >= 11 is 1.21. The Morgan fingerprint density at radius 3 is 2.56 bits per heavy atom. The number of methoxy groups -OCH3 is 1. The lowest BCUT2D eigenvalue weighted by molar-refractivity contribution is 0.0593. The molecule has 1 unspecified atom stereocenters. The van der Waals surface area contributed by atoms with Crippen LogP contribution in [0, 0.1) is 0 Å². The summed E-state index contributed by atoms with van der Waals surface area (Å²) in [6, 6.07) is 8.01. The number of aliphatic hydroxyl groups excluding tert-OH is 1. The maximum absolute atomic E-state index is 11.4. The van der Waals surface area contributed by atoms with Crippen LogP contribution in [0.3, 0.4) is 0 Å². The van der Waals surface area contributed by atoms with Gasteiger partial charge in [-0.3, -0.25) is 0 Å². The van der Waals surface area contributed by atoms with Gasteiger partial charge in [0.15, 0.2) is 5.69 Å². The Labute approximate surface area is 165 Å². The van der Waals surface area contributed by atoms with Crippen molar-refractivity contribution in [2.45, 2.75) is 58.0 Å². The fraction of sp³-hybridized carbons (Fsp3) is 0.524. The first kappa shape index (κ1) is 21.4. The number of unbranched alkanes of at least 4 members (excludes halogenated alkanes) is 5. The Morgan fingerprint density at radius 2 is 1.85 bits per heavy atom. The molecule has 0 aliphatic carbocycles. The molecular weight excluding hydrogens is 362 g/mol. The lowest BCUT2D eigenvalue weighted by Crippen LogP contribution is -2.10. The molecule has 1 N–H and O–H groups in total. The third-order valence-electron chi connectivity index (χ3n) is 4.35. The van der Waals surface area contributed by atoms with Crippen LogP contribution in [-0.2, 0) is 11.2 Å². The average molecular weight is 392 g/mol. The fourth-order valence-electron chi connectivity index (χ4n) is 2.75. The van der Waals surface area contributed by atoms with Gasteiger partial charge in [-0.1, -0.05) is 51.2 Å². The lowest BCUT2D eigenvalue weighted by atomic mass is 10.0. The second kappa shape index (κ2) is 11.7. The zero-order chi connectivity index (χ0) is 19.5. The van der Waals surface area contributed by atoms with E-state index in [4.69, 9.17) is 4.74 Å². The zero-order valence-electron chi connectivity index (χ0n) is 16.1. The monoisotopic (exact) mass is 391 g/mol. The molecule has 0 radical (unpaired) electrons. The quantitative estimate of drug-likeness (QED) is 0.410. The van der Waals surface area contributed by atoms with Crippen molar-refractivity contribution in [2.75, 3.05) is 13.7 Å². The molecule has 0 saturated heterocycles. The van der Waals surface area contributed by atoms with Gasteiger partial charge in [0.05, 0.1) is 7.11 Å². The number of hydrogen-bond acceptors (Lipinski definition) is 6. The first-order valence-electron chi connectivity index (χ1n) is 9.57. The molecule has 0 bridgehead atoms. The van der Waals surface area contributed by atoms with Crippen molar-refractivity contribution >= 4 is 17.3 Å². The molecule has 2 rings (SSSR count). The lowest BCUT2D eigenvalue weighted by Gasteiger charge is -2.10. The molecular formula is C21H29NO4S. The molecule has 1 atom stereocenters. The average Bonchev–Trinajstić information content (AvgIpc) is 3.19. The summed E-state index contributed by atoms with van der Waals surface area (Å²) in [4.78, 5) is 15.5. The van der Waals surface area contributed by atoms with E-state index in [0.29, 0.717) is 10.8 Å². The number of rotatable bonds is 12. The van der Waals surface area contributed by atoms with Crippen LogP contribution in [0.4, 0.5) is 0 Å². The molecule has 148 valence electrons. The highest BCUT2D eigenvalue weighted by molar-refractivity contribution is 7.09. The van der Waals surface area contributed by atoms with Crippen LogP contribution in [0.2, 0.25) is 0 Å². The molecule has 1 aromatic carbocycles. The summed E-state index contributed by atoms with van der Waals surface area (Å²) in [6.07, 6.45) is 7.99. The smallest absolute Gasteiger partial charge is 0.357 e. The van der Waals surface area contributed by atoms with Crippen LogP contribution in [0.15, 0.2) is 29.6 Å². The number of thiazole rings is 1. The highest BCUT2D eigenvalue weighted by Gasteiger charge is 2.17. The van der Waals surface area contributed by atoms with Crippen molar-refractivity contribution in [2.24, 2.45) is 0 Å². The van der Waals surface area contributed by atoms with Crippen molar-refractivity contribution in [3.8, 4) is 5.75 Å². The third-order valence-corrected chi connectivity index (χ3v) is 5.30. The first-order valence-corrected chi connectivity index (χ1v) is 10.5. The van der Waals surface area contributed by atoms with Crippen molar-refractivity contribution in [1.29, 1.82) is 0 Å². The van der Waals surface area contributed by atoms with Crippen LogP contribution in [0.1, 0.15) is 72.6 Å². The number of benzene rings is 1. The van der Waals surface area contributed by atoms with Gasteiger partial charge in [0.25, 0.3) is 0 Å². The molecule has 0 spiro atoms. The number of nitrogens with zero attached hydrogens (tertiary/aromatic N) is 1. The summed E-state index contributed by atoms with van der Waals surface area (Å²) in [5.41, 5.74) is 1.51. The number of carbonyl (C=O) groups is 1. The molecule has 27 heavy (non-hydrogen) atoms. The molecule has 1 aromatic heterocycles. The van der Waals surface area contributed by atoms with Crippen molar-refractivity contribution in [3.05, 3.63) is 45.9 Å². The van der Waals surface area contributed by atoms with E-state index in [1.807, 2.05) is 12.1 Å². The van der Waals surface area contributed by atoms with E-state index in [1.165, 1.54) is 62.5 Å². The van der Waals surface area contributed by atoms with E-state index in [-0.39, 0.29) is 12.3 Å². The van der Waals surface area contributed by atoms with Gasteiger partial charge in [-0.2, -0.15) is 0 Å². The largest absolute Gasteiger partial charge is 0.490 e. The third kappa shape index (κ3) is 7.31. The Morgan fingerprint density at radius 1 is 1.15 bits per heavy atom. The molecule has 0 aliphatic rings. The molecule has 6 heteroatoms. The maximum atomic E-state index is 11.4. The van der Waals surface area contributed by atoms with Crippen LogP contribution < -0.4 is 4.74 Å². The number of aromatic nitrogens is 1. The van der Waals surface area contributed by atoms with E-state index < -0.39 is 12.1 Å². The Bertz CT molecular complexity index is 684. The highest BCUT2D eigenvalue weighted by Crippen LogP contribution is 2.21. The number of aliphatic hydroxyl groups is 1. The predicted molar refractivity (Wildman–Crippen MR) is 107 cm³/mol. The summed E-state index contributed by atoms with van der Waals surface area (Å²) in [5, 5.41) is 12.2. The van der Waals surface area contributed by atoms with Crippen LogP contribution in [0.5, 0.6) is 5.75 Å². The molecule has 0 amide bonds. The number of aryl methyl sites for hydroxylation is 1. The van der Waals surface area contributed by atoms with E-state index in [2.05, 4.69) is 28.8 Å². The minimum absolute atomic E-state index is 0.0882. The van der Waals surface area contributed by atoms with Gasteiger partial charge in [0.2, 0.25) is 0 Å². The van der Waals surface area contributed by atoms with E-state index >= 15 is 0 Å². The van der Waals surface area contributed by atoms with Gasteiger partial charge < -0.3 is 14.6 Å². The Balaban J connectivity index is 1.72. The van der Waals surface area contributed by atoms with E-state index in [0.717, 1.165) is 6.42 Å². The molecule has 5 nitrogen and oxygen atoms in total. The van der Waals surface area contributed by atoms with E-state index in [9.17, 15) is 9.90 Å². The number of esters is 1.